The number of ether oxygens (including phenoxy) is 2. The number of hydrogen-bond acceptors (Lipinski definition) is 5. The van der Waals surface area contributed by atoms with Crippen LogP contribution in [0.15, 0.2) is 52.9 Å². The molecule has 0 fully saturated rings. The maximum atomic E-state index is 14.0. The van der Waals surface area contributed by atoms with Crippen LogP contribution in [0.25, 0.3) is 0 Å². The van der Waals surface area contributed by atoms with Crippen molar-refractivity contribution < 1.29 is 19.1 Å². The van der Waals surface area contributed by atoms with Crippen molar-refractivity contribution in [2.24, 2.45) is 10.8 Å². The van der Waals surface area contributed by atoms with Gasteiger partial charge in [-0.25, -0.2) is 0 Å². The maximum absolute atomic E-state index is 14.0. The summed E-state index contributed by atoms with van der Waals surface area (Å²) >= 11 is 6.97. The number of Topliss-reactive ketones (excluding diaryl/α,β-unsaturated/α-hetero) is 2. The van der Waals surface area contributed by atoms with Crippen LogP contribution in [0.1, 0.15) is 95.4 Å². The number of hydrogen-bond donors (Lipinski definition) is 0. The van der Waals surface area contributed by atoms with Crippen LogP contribution in [-0.4, -0.2) is 29.6 Å². The second-order valence-corrected chi connectivity index (χ2v) is 14.2. The topological polar surface area (TPSA) is 55.8 Å². The van der Waals surface area contributed by atoms with Crippen LogP contribution in [0.3, 0.4) is 0 Å². The highest BCUT2D eigenvalue weighted by Gasteiger charge is 2.48. The highest BCUT2D eigenvalue weighted by Crippen LogP contribution is 2.55. The molecule has 5 rings (SSSR count). The molecule has 0 saturated carbocycles. The number of rotatable bonds is 7. The lowest BCUT2D eigenvalue weighted by Crippen LogP contribution is -2.44. The minimum atomic E-state index is -0.477. The monoisotopic (exact) mass is 589 g/mol. The van der Waals surface area contributed by atoms with E-state index in [9.17, 15) is 9.59 Å². The number of halogens is 1. The standard InChI is InChI=1S/C36H44ClNO4/c1-9-38-26-16-35(5,6)18-28(39)32(26)31(33-27(38)17-36(7,8)19-29(33)40)24-14-25(37)34(30(15-24)41-10-2)42-20-23-12-21(3)11-22(4)13-23/h11-15,31H,9-10,16-20H2,1-8H3. The zero-order valence-corrected chi connectivity index (χ0v) is 27.1. The molecule has 6 heteroatoms. The number of carbonyl (C=O) groups excluding carboxylic acids is 2. The summed E-state index contributed by atoms with van der Waals surface area (Å²) in [7, 11) is 0. The van der Waals surface area contributed by atoms with Crippen molar-refractivity contribution in [2.75, 3.05) is 13.2 Å². The van der Waals surface area contributed by atoms with Gasteiger partial charge in [0.15, 0.2) is 23.1 Å². The van der Waals surface area contributed by atoms with E-state index in [1.165, 1.54) is 11.1 Å². The summed E-state index contributed by atoms with van der Waals surface area (Å²) in [6.45, 7) is 18.3. The van der Waals surface area contributed by atoms with Gasteiger partial charge in [0.1, 0.15) is 6.61 Å². The molecule has 0 aromatic heterocycles. The van der Waals surface area contributed by atoms with Gasteiger partial charge in [-0.1, -0.05) is 68.6 Å². The first-order valence-corrected chi connectivity index (χ1v) is 15.6. The molecule has 0 atom stereocenters. The Kier molecular flexibility index (Phi) is 8.12. The molecule has 0 bridgehead atoms. The third kappa shape index (κ3) is 5.77. The van der Waals surface area contributed by atoms with E-state index in [1.54, 1.807) is 0 Å². The molecule has 224 valence electrons. The van der Waals surface area contributed by atoms with Crippen molar-refractivity contribution in [2.45, 2.75) is 93.6 Å². The van der Waals surface area contributed by atoms with E-state index in [2.05, 4.69) is 71.6 Å². The summed E-state index contributed by atoms with van der Waals surface area (Å²) in [5.74, 6) is 0.744. The molecule has 0 saturated heterocycles. The zero-order valence-electron chi connectivity index (χ0n) is 26.4. The molecule has 1 heterocycles. The Morgan fingerprint density at radius 1 is 0.810 bits per heavy atom. The van der Waals surface area contributed by atoms with E-state index in [-0.39, 0.29) is 22.4 Å². The molecule has 42 heavy (non-hydrogen) atoms. The Hall–Kier alpha value is -3.05. The lowest BCUT2D eigenvalue weighted by Gasteiger charge is -2.49. The van der Waals surface area contributed by atoms with Crippen molar-refractivity contribution in [3.05, 3.63) is 80.1 Å². The number of ketones is 2. The Morgan fingerprint density at radius 3 is 1.86 bits per heavy atom. The van der Waals surface area contributed by atoms with Gasteiger partial charge in [0, 0.05) is 47.8 Å². The molecule has 2 aromatic carbocycles. The summed E-state index contributed by atoms with van der Waals surface area (Å²) < 4.78 is 12.4. The largest absolute Gasteiger partial charge is 0.490 e. The van der Waals surface area contributed by atoms with Crippen molar-refractivity contribution >= 4 is 23.2 Å². The van der Waals surface area contributed by atoms with E-state index in [0.717, 1.165) is 46.5 Å². The van der Waals surface area contributed by atoms with Gasteiger partial charge >= 0.3 is 0 Å². The van der Waals surface area contributed by atoms with Crippen molar-refractivity contribution in [1.82, 2.24) is 4.90 Å². The first kappa shape index (κ1) is 30.4. The minimum Gasteiger partial charge on any atom is -0.490 e. The SMILES string of the molecule is CCOc1cc(C2C3=C(CC(C)(C)CC3=O)N(CC)C3=C2C(=O)CC(C)(C)C3)cc(Cl)c1OCc1cc(C)cc(C)c1. The molecule has 3 aliphatic rings. The number of benzene rings is 2. The van der Waals surface area contributed by atoms with E-state index in [0.29, 0.717) is 49.1 Å². The van der Waals surface area contributed by atoms with Gasteiger partial charge in [0.25, 0.3) is 0 Å². The van der Waals surface area contributed by atoms with Gasteiger partial charge in [-0.15, -0.1) is 0 Å². The Bertz CT molecular complexity index is 1440. The van der Waals surface area contributed by atoms with E-state index < -0.39 is 5.92 Å². The van der Waals surface area contributed by atoms with E-state index in [1.807, 2.05) is 19.1 Å². The fraction of sp³-hybridized carbons (Fsp3) is 0.500. The van der Waals surface area contributed by atoms with Crippen LogP contribution < -0.4 is 9.47 Å². The number of nitrogens with zero attached hydrogens (tertiary/aromatic N) is 1. The van der Waals surface area contributed by atoms with Gasteiger partial charge in [-0.05, 0) is 74.6 Å². The smallest absolute Gasteiger partial charge is 0.180 e. The van der Waals surface area contributed by atoms with Crippen LogP contribution in [0.2, 0.25) is 5.02 Å². The van der Waals surface area contributed by atoms with Crippen LogP contribution in [-0.2, 0) is 16.2 Å². The van der Waals surface area contributed by atoms with Crippen LogP contribution in [0.5, 0.6) is 11.5 Å². The molecular formula is C36H44ClNO4. The lowest BCUT2D eigenvalue weighted by molar-refractivity contribution is -0.119. The highest BCUT2D eigenvalue weighted by molar-refractivity contribution is 6.32. The zero-order chi connectivity index (χ0) is 30.6. The molecule has 0 unspecified atom stereocenters. The average molecular weight is 590 g/mol. The minimum absolute atomic E-state index is 0.109. The van der Waals surface area contributed by atoms with Gasteiger partial charge < -0.3 is 14.4 Å². The van der Waals surface area contributed by atoms with Gasteiger partial charge in [0.05, 0.1) is 11.6 Å². The van der Waals surface area contributed by atoms with E-state index >= 15 is 0 Å². The summed E-state index contributed by atoms with van der Waals surface area (Å²) in [4.78, 5) is 30.2. The number of aryl methyl sites for hydroxylation is 2. The quantitative estimate of drug-likeness (QED) is 0.323. The number of allylic oxidation sites excluding steroid dienone is 4. The predicted octanol–water partition coefficient (Wildman–Crippen LogP) is 8.64. The lowest BCUT2D eigenvalue weighted by atomic mass is 9.63. The van der Waals surface area contributed by atoms with Gasteiger partial charge in [-0.3, -0.25) is 9.59 Å². The molecular weight excluding hydrogens is 546 g/mol. The molecule has 0 spiro atoms. The van der Waals surface area contributed by atoms with Crippen LogP contribution >= 0.6 is 11.6 Å². The Labute approximate surface area is 255 Å². The van der Waals surface area contributed by atoms with E-state index in [4.69, 9.17) is 21.1 Å². The average Bonchev–Trinajstić information content (AvgIpc) is 2.85. The molecule has 2 aliphatic carbocycles. The van der Waals surface area contributed by atoms with Crippen molar-refractivity contribution in [3.63, 3.8) is 0 Å². The highest BCUT2D eigenvalue weighted by atomic mass is 35.5. The van der Waals surface area contributed by atoms with Gasteiger partial charge in [-0.2, -0.15) is 0 Å². The van der Waals surface area contributed by atoms with Gasteiger partial charge in [0.2, 0.25) is 0 Å². The molecule has 0 amide bonds. The molecule has 0 N–H and O–H groups in total. The fourth-order valence-electron chi connectivity index (χ4n) is 7.23. The van der Waals surface area contributed by atoms with Crippen LogP contribution in [0, 0.1) is 24.7 Å². The Morgan fingerprint density at radius 2 is 1.36 bits per heavy atom. The fourth-order valence-corrected chi connectivity index (χ4v) is 7.50. The summed E-state index contributed by atoms with van der Waals surface area (Å²) in [5, 5.41) is 0.412. The third-order valence-electron chi connectivity index (χ3n) is 8.67. The predicted molar refractivity (Wildman–Crippen MR) is 168 cm³/mol. The van der Waals surface area contributed by atoms with Crippen molar-refractivity contribution in [3.8, 4) is 11.5 Å². The summed E-state index contributed by atoms with van der Waals surface area (Å²) in [5.41, 5.74) is 7.49. The third-order valence-corrected chi connectivity index (χ3v) is 8.95. The molecule has 5 nitrogen and oxygen atoms in total. The summed E-state index contributed by atoms with van der Waals surface area (Å²) in [6.07, 6.45) is 2.47. The molecule has 0 radical (unpaired) electrons. The second-order valence-electron chi connectivity index (χ2n) is 13.8. The summed E-state index contributed by atoms with van der Waals surface area (Å²) in [6, 6.07) is 10.2. The Balaban J connectivity index is 1.65. The normalized spacial score (nSPS) is 20.1. The molecule has 1 aliphatic heterocycles. The van der Waals surface area contributed by atoms with Crippen molar-refractivity contribution in [1.29, 1.82) is 0 Å². The first-order valence-electron chi connectivity index (χ1n) is 15.2. The molecule has 2 aromatic rings. The number of carbonyl (C=O) groups is 2. The first-order chi connectivity index (χ1) is 19.7. The second kappa shape index (κ2) is 11.2. The van der Waals surface area contributed by atoms with Crippen LogP contribution in [0.4, 0.5) is 0 Å². The maximum Gasteiger partial charge on any atom is 0.180 e.